The van der Waals surface area contributed by atoms with Crippen molar-refractivity contribution in [3.05, 3.63) is 63.7 Å². The lowest BCUT2D eigenvalue weighted by atomic mass is 9.63. The SMILES string of the molecule is C=C1/C(=C\C=C2/CCCC3(C)C(C/C=C/C(OC(=O)C(C)(C)CO)C4(c5ncc(CCCC)s5)CC4)CCC23)CC(O)CC1O. The van der Waals surface area contributed by atoms with E-state index < -0.39 is 23.7 Å². The number of hydrogen-bond acceptors (Lipinski definition) is 7. The van der Waals surface area contributed by atoms with Crippen LogP contribution >= 0.6 is 11.3 Å². The van der Waals surface area contributed by atoms with E-state index in [2.05, 4.69) is 44.7 Å². The summed E-state index contributed by atoms with van der Waals surface area (Å²) in [7, 11) is 0. The van der Waals surface area contributed by atoms with Gasteiger partial charge in [0, 0.05) is 17.5 Å². The lowest BCUT2D eigenvalue weighted by molar-refractivity contribution is -0.161. The molecule has 0 aliphatic heterocycles. The van der Waals surface area contributed by atoms with E-state index in [0.717, 1.165) is 61.1 Å². The molecule has 7 heteroatoms. The Kier molecular flexibility index (Phi) is 10.6. The number of thiazole rings is 1. The molecule has 1 aromatic rings. The van der Waals surface area contributed by atoms with Crippen molar-refractivity contribution in [2.45, 2.75) is 135 Å². The topological polar surface area (TPSA) is 99.9 Å². The smallest absolute Gasteiger partial charge is 0.314 e. The highest BCUT2D eigenvalue weighted by molar-refractivity contribution is 7.11. The number of carbonyl (C=O) groups is 1. The van der Waals surface area contributed by atoms with Crippen LogP contribution in [-0.4, -0.2) is 51.2 Å². The Hall–Kier alpha value is -2.06. The number of fused-ring (bicyclic) bond motifs is 1. The third kappa shape index (κ3) is 7.27. The van der Waals surface area contributed by atoms with Crippen LogP contribution in [0.1, 0.15) is 115 Å². The van der Waals surface area contributed by atoms with Gasteiger partial charge in [0.15, 0.2) is 0 Å². The molecule has 0 aromatic carbocycles. The summed E-state index contributed by atoms with van der Waals surface area (Å²) in [5, 5.41) is 31.4. The van der Waals surface area contributed by atoms with E-state index in [1.54, 1.807) is 25.2 Å². The monoisotopic (exact) mass is 637 g/mol. The summed E-state index contributed by atoms with van der Waals surface area (Å²) in [4.78, 5) is 19.3. The van der Waals surface area contributed by atoms with Gasteiger partial charge < -0.3 is 20.1 Å². The average Bonchev–Trinajstić information content (AvgIpc) is 3.55. The number of aliphatic hydroxyl groups is 3. The van der Waals surface area contributed by atoms with Crippen molar-refractivity contribution < 1.29 is 24.9 Å². The van der Waals surface area contributed by atoms with E-state index in [-0.39, 0.29) is 23.4 Å². The molecular weight excluding hydrogens is 582 g/mol. The first-order valence-corrected chi connectivity index (χ1v) is 18.1. The molecular formula is C38H55NO5S. The molecule has 6 unspecified atom stereocenters. The summed E-state index contributed by atoms with van der Waals surface area (Å²) in [6.45, 7) is 12.0. The fourth-order valence-corrected chi connectivity index (χ4v) is 9.23. The van der Waals surface area contributed by atoms with Crippen LogP contribution in [0, 0.1) is 22.7 Å². The maximum atomic E-state index is 13.2. The molecule has 4 aliphatic rings. The number of esters is 1. The average molecular weight is 638 g/mol. The first-order valence-electron chi connectivity index (χ1n) is 17.3. The van der Waals surface area contributed by atoms with E-state index in [9.17, 15) is 20.1 Å². The fourth-order valence-electron chi connectivity index (χ4n) is 8.00. The van der Waals surface area contributed by atoms with Crippen LogP contribution in [0.15, 0.2) is 53.8 Å². The Bertz CT molecular complexity index is 1320. The second-order valence-corrected chi connectivity index (χ2v) is 16.3. The summed E-state index contributed by atoms with van der Waals surface area (Å²) in [5.74, 6) is 0.710. The minimum atomic E-state index is -0.955. The highest BCUT2D eigenvalue weighted by Crippen LogP contribution is 2.59. The summed E-state index contributed by atoms with van der Waals surface area (Å²) >= 11 is 1.77. The van der Waals surface area contributed by atoms with Crippen molar-refractivity contribution in [1.29, 1.82) is 0 Å². The Labute approximate surface area is 274 Å². The molecule has 4 saturated carbocycles. The van der Waals surface area contributed by atoms with E-state index in [0.29, 0.717) is 24.7 Å². The van der Waals surface area contributed by atoms with Gasteiger partial charge >= 0.3 is 5.97 Å². The van der Waals surface area contributed by atoms with Gasteiger partial charge in [-0.2, -0.15) is 0 Å². The molecule has 0 saturated heterocycles. The molecule has 3 N–H and O–H groups in total. The van der Waals surface area contributed by atoms with E-state index in [1.165, 1.54) is 36.1 Å². The predicted molar refractivity (Wildman–Crippen MR) is 181 cm³/mol. The largest absolute Gasteiger partial charge is 0.457 e. The molecule has 6 atom stereocenters. The van der Waals surface area contributed by atoms with Crippen LogP contribution in [0.3, 0.4) is 0 Å². The number of carbonyl (C=O) groups excluding carboxylic acids is 1. The Morgan fingerprint density at radius 2 is 2.02 bits per heavy atom. The van der Waals surface area contributed by atoms with Crippen molar-refractivity contribution in [2.24, 2.45) is 22.7 Å². The number of hydrogen-bond donors (Lipinski definition) is 3. The van der Waals surface area contributed by atoms with Crippen LogP contribution in [0.25, 0.3) is 0 Å². The molecule has 45 heavy (non-hydrogen) atoms. The second kappa shape index (κ2) is 14.0. The molecule has 4 aliphatic carbocycles. The lowest BCUT2D eigenvalue weighted by Crippen LogP contribution is -2.37. The second-order valence-electron chi connectivity index (χ2n) is 15.2. The maximum absolute atomic E-state index is 13.2. The van der Waals surface area contributed by atoms with Crippen molar-refractivity contribution in [2.75, 3.05) is 6.61 Å². The number of nitrogens with zero attached hydrogens (tertiary/aromatic N) is 1. The van der Waals surface area contributed by atoms with Gasteiger partial charge in [-0.3, -0.25) is 4.79 Å². The number of ether oxygens (including phenoxy) is 1. The molecule has 1 aromatic heterocycles. The zero-order valence-corrected chi connectivity index (χ0v) is 28.7. The molecule has 5 rings (SSSR count). The standard InChI is InChI=1S/C38H55NO5S/c1-6-7-12-30-23-39-34(45-30)38(19-20-38)33(44-35(43)36(3,4)24-40)13-8-11-28-16-17-31-26(10-9-18-37(28,31)5)14-15-27-21-29(41)22-32(42)25(27)2/h8,13-15,23,28-29,31-33,40-42H,2,6-7,9-12,16-22,24H2,1,3-5H3/b13-8+,26-14+,27-15-. The van der Waals surface area contributed by atoms with Gasteiger partial charge in [0.1, 0.15) is 11.1 Å². The van der Waals surface area contributed by atoms with Gasteiger partial charge in [-0.05, 0) is 119 Å². The normalized spacial score (nSPS) is 32.3. The predicted octanol–water partition coefficient (Wildman–Crippen LogP) is 7.53. The third-order valence-corrected chi connectivity index (χ3v) is 12.7. The lowest BCUT2D eigenvalue weighted by Gasteiger charge is -2.42. The molecule has 0 bridgehead atoms. The zero-order valence-electron chi connectivity index (χ0n) is 27.9. The van der Waals surface area contributed by atoms with E-state index >= 15 is 0 Å². The van der Waals surface area contributed by atoms with E-state index in [4.69, 9.17) is 9.72 Å². The van der Waals surface area contributed by atoms with Gasteiger partial charge in [0.05, 0.1) is 29.6 Å². The van der Waals surface area contributed by atoms with E-state index in [1.807, 2.05) is 6.20 Å². The third-order valence-electron chi connectivity index (χ3n) is 11.4. The van der Waals surface area contributed by atoms with Gasteiger partial charge in [-0.15, -0.1) is 11.3 Å². The molecule has 0 spiro atoms. The van der Waals surface area contributed by atoms with Crippen molar-refractivity contribution in [1.82, 2.24) is 4.98 Å². The van der Waals surface area contributed by atoms with Crippen LogP contribution in [0.2, 0.25) is 0 Å². The van der Waals surface area contributed by atoms with Gasteiger partial charge in [-0.25, -0.2) is 4.98 Å². The molecule has 6 nitrogen and oxygen atoms in total. The molecule has 1 heterocycles. The maximum Gasteiger partial charge on any atom is 0.314 e. The van der Waals surface area contributed by atoms with Crippen LogP contribution in [0.5, 0.6) is 0 Å². The number of aryl methyl sites for hydroxylation is 1. The fraction of sp³-hybridized carbons (Fsp3) is 0.684. The number of unbranched alkanes of at least 4 members (excludes halogenated alkanes) is 1. The molecule has 0 amide bonds. The number of rotatable bonds is 12. The first-order chi connectivity index (χ1) is 21.4. The van der Waals surface area contributed by atoms with Crippen molar-refractivity contribution >= 4 is 17.3 Å². The van der Waals surface area contributed by atoms with Gasteiger partial charge in [0.2, 0.25) is 0 Å². The zero-order chi connectivity index (χ0) is 32.4. The number of aromatic nitrogens is 1. The quantitative estimate of drug-likeness (QED) is 0.162. The minimum Gasteiger partial charge on any atom is -0.457 e. The Balaban J connectivity index is 1.32. The van der Waals surface area contributed by atoms with Crippen LogP contribution in [0.4, 0.5) is 0 Å². The molecule has 248 valence electrons. The highest BCUT2D eigenvalue weighted by atomic mass is 32.1. The van der Waals surface area contributed by atoms with Gasteiger partial charge in [-0.1, -0.05) is 50.6 Å². The van der Waals surface area contributed by atoms with Crippen molar-refractivity contribution in [3.8, 4) is 0 Å². The minimum absolute atomic E-state index is 0.210. The summed E-state index contributed by atoms with van der Waals surface area (Å²) in [6, 6.07) is 0. The summed E-state index contributed by atoms with van der Waals surface area (Å²) in [5.41, 5.74) is 2.18. The number of allylic oxidation sites excluding steroid dienone is 4. The summed E-state index contributed by atoms with van der Waals surface area (Å²) < 4.78 is 6.23. The van der Waals surface area contributed by atoms with Gasteiger partial charge in [0.25, 0.3) is 0 Å². The Morgan fingerprint density at radius 1 is 1.24 bits per heavy atom. The van der Waals surface area contributed by atoms with Crippen molar-refractivity contribution in [3.63, 3.8) is 0 Å². The molecule has 4 fully saturated rings. The Morgan fingerprint density at radius 3 is 2.73 bits per heavy atom. The highest BCUT2D eigenvalue weighted by Gasteiger charge is 2.55. The number of aliphatic hydroxyl groups excluding tert-OH is 3. The first kappa shape index (κ1) is 34.3. The summed E-state index contributed by atoms with van der Waals surface area (Å²) in [6.07, 6.45) is 22.1. The molecule has 0 radical (unpaired) electrons. The van der Waals surface area contributed by atoms with Crippen LogP contribution < -0.4 is 0 Å². The van der Waals surface area contributed by atoms with Crippen LogP contribution in [-0.2, 0) is 21.4 Å².